The van der Waals surface area contributed by atoms with Gasteiger partial charge in [0.05, 0.1) is 5.60 Å². The molecule has 2 fully saturated rings. The smallest absolute Gasteiger partial charge is 0.0653 e. The number of hydrogen-bond donors (Lipinski definition) is 2. The minimum Gasteiger partial charge on any atom is -0.390 e. The molecule has 0 aromatic carbocycles. The molecule has 106 valence electrons. The Labute approximate surface area is 118 Å². The van der Waals surface area contributed by atoms with Crippen molar-refractivity contribution in [2.45, 2.75) is 71.8 Å². The Hall–Kier alpha value is 0.310. The van der Waals surface area contributed by atoms with Gasteiger partial charge in [0.15, 0.2) is 0 Å². The molecule has 0 aliphatic heterocycles. The molecule has 1 N–H and O–H groups in total. The summed E-state index contributed by atoms with van der Waals surface area (Å²) in [6.07, 6.45) is 7.17. The van der Waals surface area contributed by atoms with Crippen molar-refractivity contribution >= 4 is 12.6 Å². The van der Waals surface area contributed by atoms with Gasteiger partial charge in [-0.25, -0.2) is 0 Å². The zero-order chi connectivity index (χ0) is 13.6. The highest BCUT2D eigenvalue weighted by Crippen LogP contribution is 2.62. The Balaban J connectivity index is 2.35. The van der Waals surface area contributed by atoms with Crippen LogP contribution in [0.15, 0.2) is 0 Å². The predicted molar refractivity (Wildman–Crippen MR) is 81.0 cm³/mol. The molecule has 0 heterocycles. The van der Waals surface area contributed by atoms with Crippen LogP contribution >= 0.6 is 12.6 Å². The molecule has 2 saturated carbocycles. The van der Waals surface area contributed by atoms with E-state index in [4.69, 9.17) is 0 Å². The Morgan fingerprint density at radius 3 is 2.39 bits per heavy atom. The average molecular weight is 270 g/mol. The lowest BCUT2D eigenvalue weighted by atomic mass is 9.45. The molecule has 0 radical (unpaired) electrons. The van der Waals surface area contributed by atoms with Gasteiger partial charge in [-0.15, -0.1) is 0 Å². The summed E-state index contributed by atoms with van der Waals surface area (Å²) in [5, 5.41) is 10.8. The third-order valence-electron chi connectivity index (χ3n) is 6.18. The summed E-state index contributed by atoms with van der Waals surface area (Å²) < 4.78 is 0. The normalized spacial score (nSPS) is 47.7. The zero-order valence-corrected chi connectivity index (χ0v) is 13.4. The molecule has 0 amide bonds. The van der Waals surface area contributed by atoms with E-state index in [2.05, 4.69) is 40.3 Å². The SMILES string of the molecule is CC1(C)CCC[C@]2(C)[C@@H](CCS)[C@](C)(O)CC[C@@H]12. The topological polar surface area (TPSA) is 20.2 Å². The first-order chi connectivity index (χ1) is 8.24. The van der Waals surface area contributed by atoms with Gasteiger partial charge in [-0.05, 0) is 67.4 Å². The maximum absolute atomic E-state index is 10.8. The lowest BCUT2D eigenvalue weighted by molar-refractivity contribution is -0.167. The lowest BCUT2D eigenvalue weighted by Crippen LogP contribution is -2.57. The number of rotatable bonds is 2. The molecule has 0 aromatic rings. The summed E-state index contributed by atoms with van der Waals surface area (Å²) in [4.78, 5) is 0. The highest BCUT2D eigenvalue weighted by atomic mass is 32.1. The summed E-state index contributed by atoms with van der Waals surface area (Å²) in [5.41, 5.74) is 0.270. The van der Waals surface area contributed by atoms with Crippen LogP contribution in [0.4, 0.5) is 0 Å². The molecule has 0 saturated heterocycles. The van der Waals surface area contributed by atoms with Gasteiger partial charge in [-0.3, -0.25) is 0 Å². The van der Waals surface area contributed by atoms with Crippen molar-refractivity contribution in [2.75, 3.05) is 5.75 Å². The highest BCUT2D eigenvalue weighted by molar-refractivity contribution is 7.80. The standard InChI is InChI=1S/C16H30OS/c1-14(2)8-5-9-15(3)12(14)6-10-16(4,17)13(15)7-11-18/h12-13,17-18H,5-11H2,1-4H3/t12-,13+,15-,16+/m0/s1. The Bertz CT molecular complexity index is 310. The molecule has 4 atom stereocenters. The minimum atomic E-state index is -0.485. The van der Waals surface area contributed by atoms with Gasteiger partial charge in [-0.1, -0.05) is 27.2 Å². The first-order valence-corrected chi connectivity index (χ1v) is 8.20. The van der Waals surface area contributed by atoms with Gasteiger partial charge in [-0.2, -0.15) is 12.6 Å². The Morgan fingerprint density at radius 1 is 1.11 bits per heavy atom. The van der Waals surface area contributed by atoms with Gasteiger partial charge < -0.3 is 5.11 Å². The Morgan fingerprint density at radius 2 is 1.78 bits per heavy atom. The van der Waals surface area contributed by atoms with Gasteiger partial charge in [0.25, 0.3) is 0 Å². The van der Waals surface area contributed by atoms with E-state index < -0.39 is 5.60 Å². The van der Waals surface area contributed by atoms with E-state index in [1.165, 1.54) is 25.7 Å². The van der Waals surface area contributed by atoms with E-state index in [9.17, 15) is 5.11 Å². The lowest BCUT2D eigenvalue weighted by Gasteiger charge is -2.61. The van der Waals surface area contributed by atoms with Gasteiger partial charge in [0, 0.05) is 0 Å². The average Bonchev–Trinajstić information content (AvgIpc) is 2.22. The van der Waals surface area contributed by atoms with E-state index in [1.54, 1.807) is 0 Å². The van der Waals surface area contributed by atoms with E-state index in [0.717, 1.165) is 24.5 Å². The molecule has 18 heavy (non-hydrogen) atoms. The van der Waals surface area contributed by atoms with E-state index in [0.29, 0.717) is 16.7 Å². The van der Waals surface area contributed by atoms with Crippen molar-refractivity contribution in [1.29, 1.82) is 0 Å². The van der Waals surface area contributed by atoms with Crippen molar-refractivity contribution in [1.82, 2.24) is 0 Å². The maximum Gasteiger partial charge on any atom is 0.0653 e. The molecule has 1 nitrogen and oxygen atoms in total. The molecule has 0 aromatic heterocycles. The monoisotopic (exact) mass is 270 g/mol. The van der Waals surface area contributed by atoms with Crippen molar-refractivity contribution in [2.24, 2.45) is 22.7 Å². The molecule has 0 spiro atoms. The molecular formula is C16H30OS. The number of hydrogen-bond acceptors (Lipinski definition) is 2. The first kappa shape index (κ1) is 14.7. The van der Waals surface area contributed by atoms with Crippen LogP contribution in [0.1, 0.15) is 66.2 Å². The quantitative estimate of drug-likeness (QED) is 0.717. The molecule has 2 aliphatic rings. The predicted octanol–water partition coefficient (Wildman–Crippen LogP) is 4.30. The van der Waals surface area contributed by atoms with E-state index in [-0.39, 0.29) is 0 Å². The summed E-state index contributed by atoms with van der Waals surface area (Å²) in [7, 11) is 0. The van der Waals surface area contributed by atoms with Crippen LogP contribution < -0.4 is 0 Å². The Kier molecular flexibility index (Phi) is 3.84. The number of fused-ring (bicyclic) bond motifs is 1. The molecule has 2 rings (SSSR count). The molecule has 0 bridgehead atoms. The van der Waals surface area contributed by atoms with Crippen LogP contribution in [0, 0.1) is 22.7 Å². The van der Waals surface area contributed by atoms with Crippen molar-refractivity contribution in [3.05, 3.63) is 0 Å². The van der Waals surface area contributed by atoms with Crippen molar-refractivity contribution < 1.29 is 5.11 Å². The van der Waals surface area contributed by atoms with Crippen molar-refractivity contribution in [3.8, 4) is 0 Å². The minimum absolute atomic E-state index is 0.312. The second-order valence-corrected chi connectivity index (χ2v) is 8.31. The van der Waals surface area contributed by atoms with Crippen LogP contribution in [-0.2, 0) is 0 Å². The largest absolute Gasteiger partial charge is 0.390 e. The second-order valence-electron chi connectivity index (χ2n) is 7.86. The fourth-order valence-electron chi connectivity index (χ4n) is 5.39. The highest BCUT2D eigenvalue weighted by Gasteiger charge is 2.57. The summed E-state index contributed by atoms with van der Waals surface area (Å²) in [6, 6.07) is 0. The van der Waals surface area contributed by atoms with Crippen LogP contribution in [-0.4, -0.2) is 16.5 Å². The molecule has 2 aliphatic carbocycles. The summed E-state index contributed by atoms with van der Waals surface area (Å²) in [6.45, 7) is 9.38. The summed E-state index contributed by atoms with van der Waals surface area (Å²) >= 11 is 4.43. The van der Waals surface area contributed by atoms with E-state index in [1.807, 2.05) is 0 Å². The molecular weight excluding hydrogens is 240 g/mol. The van der Waals surface area contributed by atoms with Crippen LogP contribution in [0.3, 0.4) is 0 Å². The van der Waals surface area contributed by atoms with Crippen LogP contribution in [0.25, 0.3) is 0 Å². The van der Waals surface area contributed by atoms with Gasteiger partial charge >= 0.3 is 0 Å². The molecule has 2 heteroatoms. The third kappa shape index (κ3) is 2.24. The summed E-state index contributed by atoms with van der Waals surface area (Å²) in [5.74, 6) is 2.08. The number of thiol groups is 1. The fourth-order valence-corrected chi connectivity index (χ4v) is 5.65. The number of aliphatic hydroxyl groups is 1. The molecule has 0 unspecified atom stereocenters. The van der Waals surface area contributed by atoms with Crippen molar-refractivity contribution in [3.63, 3.8) is 0 Å². The zero-order valence-electron chi connectivity index (χ0n) is 12.5. The van der Waals surface area contributed by atoms with Gasteiger partial charge in [0.2, 0.25) is 0 Å². The van der Waals surface area contributed by atoms with Crippen LogP contribution in [0.2, 0.25) is 0 Å². The maximum atomic E-state index is 10.8. The first-order valence-electron chi connectivity index (χ1n) is 7.57. The second kappa shape index (κ2) is 4.70. The van der Waals surface area contributed by atoms with Crippen LogP contribution in [0.5, 0.6) is 0 Å². The van der Waals surface area contributed by atoms with Gasteiger partial charge in [0.1, 0.15) is 0 Å². The van der Waals surface area contributed by atoms with E-state index >= 15 is 0 Å². The fraction of sp³-hybridized carbons (Fsp3) is 1.00. The third-order valence-corrected chi connectivity index (χ3v) is 6.44.